The van der Waals surface area contributed by atoms with Crippen LogP contribution in [0.15, 0.2) is 24.3 Å². The number of nitrogens with zero attached hydrogens (tertiary/aromatic N) is 2. The quantitative estimate of drug-likeness (QED) is 0.853. The fraction of sp³-hybridized carbons (Fsp3) is 0.538. The Kier molecular flexibility index (Phi) is 4.10. The van der Waals surface area contributed by atoms with Crippen molar-refractivity contribution in [1.29, 1.82) is 0 Å². The van der Waals surface area contributed by atoms with Gasteiger partial charge in [-0.3, -0.25) is 4.90 Å². The molecule has 0 spiro atoms. The third-order valence-corrected chi connectivity index (χ3v) is 3.35. The number of hydrogen-bond acceptors (Lipinski definition) is 3. The summed E-state index contributed by atoms with van der Waals surface area (Å²) in [6.45, 7) is 5.16. The molecule has 2 N–H and O–H groups in total. The van der Waals surface area contributed by atoms with Crippen LogP contribution in [-0.2, 0) is 0 Å². The third-order valence-electron chi connectivity index (χ3n) is 3.35. The van der Waals surface area contributed by atoms with E-state index >= 15 is 0 Å². The molecule has 3 nitrogen and oxygen atoms in total. The maximum Gasteiger partial charge on any atom is 0.123 e. The Morgan fingerprint density at radius 1 is 1.18 bits per heavy atom. The SMILES string of the molecule is CN1CCN(CC(N)c2ccc(F)cc2)CC1. The zero-order valence-corrected chi connectivity index (χ0v) is 10.3. The average Bonchev–Trinajstić information content (AvgIpc) is 2.33. The molecule has 1 heterocycles. The van der Waals surface area contributed by atoms with E-state index in [-0.39, 0.29) is 11.9 Å². The number of nitrogens with two attached hydrogens (primary N) is 1. The van der Waals surface area contributed by atoms with Crippen molar-refractivity contribution in [2.45, 2.75) is 6.04 Å². The van der Waals surface area contributed by atoms with E-state index in [4.69, 9.17) is 5.73 Å². The minimum Gasteiger partial charge on any atom is -0.323 e. The van der Waals surface area contributed by atoms with Gasteiger partial charge in [0.1, 0.15) is 5.82 Å². The summed E-state index contributed by atoms with van der Waals surface area (Å²) in [5, 5.41) is 0. The molecule has 1 aliphatic rings. The molecule has 1 atom stereocenters. The Labute approximate surface area is 102 Å². The Morgan fingerprint density at radius 3 is 2.35 bits per heavy atom. The zero-order valence-electron chi connectivity index (χ0n) is 10.3. The van der Waals surface area contributed by atoms with Crippen LogP contribution in [0.2, 0.25) is 0 Å². The van der Waals surface area contributed by atoms with Crippen molar-refractivity contribution in [3.63, 3.8) is 0 Å². The van der Waals surface area contributed by atoms with Crippen molar-refractivity contribution in [3.8, 4) is 0 Å². The first-order chi connectivity index (χ1) is 8.15. The molecule has 0 bridgehead atoms. The van der Waals surface area contributed by atoms with Gasteiger partial charge in [-0.05, 0) is 24.7 Å². The molecule has 1 aromatic carbocycles. The van der Waals surface area contributed by atoms with Crippen LogP contribution >= 0.6 is 0 Å². The summed E-state index contributed by atoms with van der Waals surface area (Å²) < 4.78 is 12.8. The van der Waals surface area contributed by atoms with Crippen LogP contribution in [-0.4, -0.2) is 49.6 Å². The predicted octanol–water partition coefficient (Wildman–Crippen LogP) is 1.07. The van der Waals surface area contributed by atoms with Crippen LogP contribution in [0.1, 0.15) is 11.6 Å². The number of hydrogen-bond donors (Lipinski definition) is 1. The standard InChI is InChI=1S/C13H20FN3/c1-16-6-8-17(9-7-16)10-13(15)11-2-4-12(14)5-3-11/h2-5,13H,6-10,15H2,1H3. The zero-order chi connectivity index (χ0) is 12.3. The second-order valence-corrected chi connectivity index (χ2v) is 4.76. The summed E-state index contributed by atoms with van der Waals surface area (Å²) in [6, 6.07) is 6.46. The van der Waals surface area contributed by atoms with Gasteiger partial charge in [-0.25, -0.2) is 4.39 Å². The summed E-state index contributed by atoms with van der Waals surface area (Å²) in [5.74, 6) is -0.208. The van der Waals surface area contributed by atoms with Crippen LogP contribution in [0.25, 0.3) is 0 Å². The molecule has 0 radical (unpaired) electrons. The van der Waals surface area contributed by atoms with Crippen molar-refractivity contribution < 1.29 is 4.39 Å². The Bertz CT molecular complexity index is 344. The van der Waals surface area contributed by atoms with Gasteiger partial charge in [-0.15, -0.1) is 0 Å². The fourth-order valence-corrected chi connectivity index (χ4v) is 2.12. The van der Waals surface area contributed by atoms with Crippen LogP contribution in [0.5, 0.6) is 0 Å². The van der Waals surface area contributed by atoms with E-state index in [0.29, 0.717) is 0 Å². The van der Waals surface area contributed by atoms with Crippen LogP contribution in [0.3, 0.4) is 0 Å². The van der Waals surface area contributed by atoms with E-state index < -0.39 is 0 Å². The van der Waals surface area contributed by atoms with Gasteiger partial charge in [0.2, 0.25) is 0 Å². The first-order valence-electron chi connectivity index (χ1n) is 6.07. The van der Waals surface area contributed by atoms with E-state index in [1.54, 1.807) is 12.1 Å². The minimum absolute atomic E-state index is 0.0287. The lowest BCUT2D eigenvalue weighted by atomic mass is 10.1. The van der Waals surface area contributed by atoms with Gasteiger partial charge in [-0.1, -0.05) is 12.1 Å². The van der Waals surface area contributed by atoms with Gasteiger partial charge in [0, 0.05) is 38.8 Å². The Balaban J connectivity index is 1.88. The molecule has 0 saturated carbocycles. The molecule has 1 saturated heterocycles. The molecule has 2 rings (SSSR count). The van der Waals surface area contributed by atoms with Gasteiger partial charge < -0.3 is 10.6 Å². The second kappa shape index (κ2) is 5.58. The van der Waals surface area contributed by atoms with Gasteiger partial charge in [-0.2, -0.15) is 0 Å². The normalized spacial score (nSPS) is 20.4. The van der Waals surface area contributed by atoms with Gasteiger partial charge in [0.25, 0.3) is 0 Å². The van der Waals surface area contributed by atoms with Crippen molar-refractivity contribution in [2.24, 2.45) is 5.73 Å². The van der Waals surface area contributed by atoms with E-state index in [9.17, 15) is 4.39 Å². The average molecular weight is 237 g/mol. The van der Waals surface area contributed by atoms with Crippen LogP contribution in [0, 0.1) is 5.82 Å². The molecular formula is C13H20FN3. The molecule has 4 heteroatoms. The molecule has 0 aliphatic carbocycles. The molecule has 0 aromatic heterocycles. The maximum atomic E-state index is 12.8. The monoisotopic (exact) mass is 237 g/mol. The van der Waals surface area contributed by atoms with Crippen LogP contribution in [0.4, 0.5) is 4.39 Å². The molecule has 94 valence electrons. The Morgan fingerprint density at radius 2 is 1.76 bits per heavy atom. The van der Waals surface area contributed by atoms with E-state index in [0.717, 1.165) is 38.3 Å². The lowest BCUT2D eigenvalue weighted by Gasteiger charge is -2.33. The van der Waals surface area contributed by atoms with Crippen LogP contribution < -0.4 is 5.73 Å². The number of rotatable bonds is 3. The predicted molar refractivity (Wildman–Crippen MR) is 67.3 cm³/mol. The fourth-order valence-electron chi connectivity index (χ4n) is 2.12. The van der Waals surface area contributed by atoms with Crippen molar-refractivity contribution >= 4 is 0 Å². The lowest BCUT2D eigenvalue weighted by Crippen LogP contribution is -2.46. The number of benzene rings is 1. The Hall–Kier alpha value is -0.970. The van der Waals surface area contributed by atoms with Crippen molar-refractivity contribution in [2.75, 3.05) is 39.8 Å². The molecule has 17 heavy (non-hydrogen) atoms. The molecule has 0 amide bonds. The summed E-state index contributed by atoms with van der Waals surface area (Å²) in [7, 11) is 2.14. The maximum absolute atomic E-state index is 12.8. The third kappa shape index (κ3) is 3.49. The summed E-state index contributed by atoms with van der Waals surface area (Å²) in [5.41, 5.74) is 7.14. The molecule has 1 aliphatic heterocycles. The topological polar surface area (TPSA) is 32.5 Å². The first-order valence-corrected chi connectivity index (χ1v) is 6.07. The molecule has 1 unspecified atom stereocenters. The van der Waals surface area contributed by atoms with Crippen molar-refractivity contribution in [3.05, 3.63) is 35.6 Å². The van der Waals surface area contributed by atoms with Gasteiger partial charge in [0.15, 0.2) is 0 Å². The number of halogens is 1. The first kappa shape index (κ1) is 12.5. The van der Waals surface area contributed by atoms with Gasteiger partial charge in [0.05, 0.1) is 0 Å². The second-order valence-electron chi connectivity index (χ2n) is 4.76. The van der Waals surface area contributed by atoms with Gasteiger partial charge >= 0.3 is 0 Å². The molecular weight excluding hydrogens is 217 g/mol. The molecule has 1 aromatic rings. The highest BCUT2D eigenvalue weighted by molar-refractivity contribution is 5.19. The van der Waals surface area contributed by atoms with E-state index in [2.05, 4.69) is 16.8 Å². The highest BCUT2D eigenvalue weighted by Gasteiger charge is 2.17. The highest BCUT2D eigenvalue weighted by Crippen LogP contribution is 2.13. The van der Waals surface area contributed by atoms with Crippen molar-refractivity contribution in [1.82, 2.24) is 9.80 Å². The highest BCUT2D eigenvalue weighted by atomic mass is 19.1. The largest absolute Gasteiger partial charge is 0.323 e. The number of piperazine rings is 1. The lowest BCUT2D eigenvalue weighted by molar-refractivity contribution is 0.147. The summed E-state index contributed by atoms with van der Waals surface area (Å²) in [4.78, 5) is 4.69. The molecule has 1 fully saturated rings. The summed E-state index contributed by atoms with van der Waals surface area (Å²) >= 11 is 0. The smallest absolute Gasteiger partial charge is 0.123 e. The van der Waals surface area contributed by atoms with E-state index in [1.165, 1.54) is 12.1 Å². The summed E-state index contributed by atoms with van der Waals surface area (Å²) in [6.07, 6.45) is 0. The minimum atomic E-state index is -0.208. The van der Waals surface area contributed by atoms with E-state index in [1.807, 2.05) is 0 Å². The number of likely N-dealkylation sites (N-methyl/N-ethyl adjacent to an activating group) is 1.